The van der Waals surface area contributed by atoms with Crippen LogP contribution in [0.1, 0.15) is 16.7 Å². The Morgan fingerprint density at radius 3 is 2.36 bits per heavy atom. The number of barbiturate groups is 1. The number of carbonyl (C=O) groups is 3. The standard InChI is InChI=1S/C25H15ClF4N2O4/c26-20-9-6-16(25(28,29)30)12-21(20)32-23(34)19(22(33)31-24(32)35)11-14-4-7-18(8-5-14)36-13-15-2-1-3-17(27)10-15/h1-12H,13H2,(H,31,33,35)/b19-11-. The van der Waals surface area contributed by atoms with Gasteiger partial charge in [0.25, 0.3) is 11.8 Å². The van der Waals surface area contributed by atoms with E-state index in [2.05, 4.69) is 0 Å². The molecule has 4 rings (SSSR count). The number of anilines is 1. The van der Waals surface area contributed by atoms with Crippen LogP contribution in [0, 0.1) is 5.82 Å². The number of nitrogens with one attached hydrogen (secondary N) is 1. The van der Waals surface area contributed by atoms with Gasteiger partial charge in [-0.15, -0.1) is 0 Å². The van der Waals surface area contributed by atoms with E-state index in [0.717, 1.165) is 6.07 Å². The van der Waals surface area contributed by atoms with Crippen LogP contribution in [0.5, 0.6) is 5.75 Å². The first kappa shape index (κ1) is 24.9. The zero-order chi connectivity index (χ0) is 26.0. The molecule has 6 nitrogen and oxygen atoms in total. The lowest BCUT2D eigenvalue weighted by molar-refractivity contribution is -0.137. The van der Waals surface area contributed by atoms with Crippen LogP contribution in [0.4, 0.5) is 28.0 Å². The second-order valence-electron chi connectivity index (χ2n) is 7.61. The van der Waals surface area contributed by atoms with Gasteiger partial charge in [-0.1, -0.05) is 35.9 Å². The SMILES string of the molecule is O=C1NC(=O)N(c2cc(C(F)(F)F)ccc2Cl)C(=O)/C1=C\c1ccc(OCc2cccc(F)c2)cc1. The molecule has 1 aliphatic rings. The molecule has 3 aromatic rings. The third-order valence-corrected chi connectivity index (χ3v) is 5.42. The van der Waals surface area contributed by atoms with Crippen molar-refractivity contribution in [1.29, 1.82) is 0 Å². The summed E-state index contributed by atoms with van der Waals surface area (Å²) < 4.78 is 58.3. The second-order valence-corrected chi connectivity index (χ2v) is 8.02. The molecular weight excluding hydrogens is 504 g/mol. The number of carbonyl (C=O) groups excluding carboxylic acids is 3. The Kier molecular flexibility index (Phi) is 6.80. The van der Waals surface area contributed by atoms with Crippen LogP contribution in [0.2, 0.25) is 5.02 Å². The fourth-order valence-corrected chi connectivity index (χ4v) is 3.56. The van der Waals surface area contributed by atoms with Crippen LogP contribution in [0.3, 0.4) is 0 Å². The van der Waals surface area contributed by atoms with Gasteiger partial charge < -0.3 is 4.74 Å². The first-order valence-corrected chi connectivity index (χ1v) is 10.7. The van der Waals surface area contributed by atoms with Gasteiger partial charge in [0, 0.05) is 0 Å². The van der Waals surface area contributed by atoms with E-state index in [1.807, 2.05) is 5.32 Å². The van der Waals surface area contributed by atoms with E-state index in [1.54, 1.807) is 24.3 Å². The number of hydrogen-bond donors (Lipinski definition) is 1. The maximum Gasteiger partial charge on any atom is 0.416 e. The van der Waals surface area contributed by atoms with E-state index in [0.29, 0.717) is 33.9 Å². The van der Waals surface area contributed by atoms with Gasteiger partial charge >= 0.3 is 12.2 Å². The van der Waals surface area contributed by atoms with Crippen LogP contribution in [-0.2, 0) is 22.4 Å². The van der Waals surface area contributed by atoms with Crippen LogP contribution in [0.25, 0.3) is 6.08 Å². The molecule has 0 bridgehead atoms. The average molecular weight is 519 g/mol. The van der Waals surface area contributed by atoms with Crippen LogP contribution in [-0.4, -0.2) is 17.8 Å². The molecule has 0 spiro atoms. The van der Waals surface area contributed by atoms with E-state index in [1.165, 1.54) is 30.3 Å². The Hall–Kier alpha value is -4.18. The summed E-state index contributed by atoms with van der Waals surface area (Å²) in [5.74, 6) is -2.13. The van der Waals surface area contributed by atoms with E-state index >= 15 is 0 Å². The van der Waals surface area contributed by atoms with Crippen molar-refractivity contribution in [2.45, 2.75) is 12.8 Å². The highest BCUT2D eigenvalue weighted by Crippen LogP contribution is 2.36. The first-order chi connectivity index (χ1) is 17.0. The van der Waals surface area contributed by atoms with Crippen molar-refractivity contribution >= 4 is 41.2 Å². The topological polar surface area (TPSA) is 75.7 Å². The number of rotatable bonds is 5. The Balaban J connectivity index is 1.57. The number of nitrogens with zero attached hydrogens (tertiary/aromatic N) is 1. The predicted octanol–water partition coefficient (Wildman–Crippen LogP) is 5.74. The molecule has 4 amide bonds. The molecular formula is C25H15ClF4N2O4. The Bertz CT molecular complexity index is 1390. The molecule has 0 aromatic heterocycles. The lowest BCUT2D eigenvalue weighted by atomic mass is 10.1. The molecule has 1 aliphatic heterocycles. The zero-order valence-corrected chi connectivity index (χ0v) is 18.9. The lowest BCUT2D eigenvalue weighted by Gasteiger charge is -2.27. The summed E-state index contributed by atoms with van der Waals surface area (Å²) in [5.41, 5.74) is -1.15. The maximum atomic E-state index is 13.3. The number of ether oxygens (including phenoxy) is 1. The van der Waals surface area contributed by atoms with Crippen molar-refractivity contribution in [3.8, 4) is 5.75 Å². The molecule has 0 atom stereocenters. The van der Waals surface area contributed by atoms with Gasteiger partial charge in [0.05, 0.1) is 16.3 Å². The Morgan fingerprint density at radius 1 is 0.972 bits per heavy atom. The molecule has 3 aromatic carbocycles. The zero-order valence-electron chi connectivity index (χ0n) is 18.1. The van der Waals surface area contributed by atoms with E-state index in [4.69, 9.17) is 16.3 Å². The number of benzene rings is 3. The number of alkyl halides is 3. The number of hydrogen-bond acceptors (Lipinski definition) is 4. The quantitative estimate of drug-likeness (QED) is 0.265. The van der Waals surface area contributed by atoms with Crippen molar-refractivity contribution in [3.05, 3.63) is 99.8 Å². The Labute approximate surface area is 206 Å². The molecule has 1 fully saturated rings. The monoisotopic (exact) mass is 518 g/mol. The molecule has 11 heteroatoms. The third kappa shape index (κ3) is 5.38. The van der Waals surface area contributed by atoms with Gasteiger partial charge in [-0.2, -0.15) is 13.2 Å². The molecule has 36 heavy (non-hydrogen) atoms. The van der Waals surface area contributed by atoms with Crippen LogP contribution < -0.4 is 15.0 Å². The van der Waals surface area contributed by atoms with E-state index < -0.39 is 46.7 Å². The molecule has 1 N–H and O–H groups in total. The number of halogens is 5. The molecule has 0 saturated carbocycles. The van der Waals surface area contributed by atoms with Crippen molar-refractivity contribution in [1.82, 2.24) is 5.32 Å². The summed E-state index contributed by atoms with van der Waals surface area (Å²) in [4.78, 5) is 38.1. The maximum absolute atomic E-state index is 13.3. The van der Waals surface area contributed by atoms with E-state index in [9.17, 15) is 31.9 Å². The third-order valence-electron chi connectivity index (χ3n) is 5.10. The normalized spacial score (nSPS) is 15.3. The van der Waals surface area contributed by atoms with Gasteiger partial charge in [-0.05, 0) is 59.7 Å². The lowest BCUT2D eigenvalue weighted by Crippen LogP contribution is -2.54. The highest BCUT2D eigenvalue weighted by molar-refractivity contribution is 6.42. The van der Waals surface area contributed by atoms with Gasteiger partial charge in [-0.25, -0.2) is 14.1 Å². The second kappa shape index (κ2) is 9.82. The van der Waals surface area contributed by atoms with Gasteiger partial charge in [0.1, 0.15) is 23.7 Å². The minimum atomic E-state index is -4.75. The number of urea groups is 1. The predicted molar refractivity (Wildman–Crippen MR) is 123 cm³/mol. The molecule has 0 radical (unpaired) electrons. The fraction of sp³-hybridized carbons (Fsp3) is 0.0800. The molecule has 184 valence electrons. The summed E-state index contributed by atoms with van der Waals surface area (Å²) >= 11 is 5.97. The Morgan fingerprint density at radius 2 is 1.69 bits per heavy atom. The summed E-state index contributed by atoms with van der Waals surface area (Å²) in [6.07, 6.45) is -3.57. The fourth-order valence-electron chi connectivity index (χ4n) is 3.36. The van der Waals surface area contributed by atoms with Gasteiger partial charge in [-0.3, -0.25) is 14.9 Å². The van der Waals surface area contributed by atoms with E-state index in [-0.39, 0.29) is 11.6 Å². The first-order valence-electron chi connectivity index (χ1n) is 10.3. The highest BCUT2D eigenvalue weighted by atomic mass is 35.5. The number of amides is 4. The smallest absolute Gasteiger partial charge is 0.416 e. The van der Waals surface area contributed by atoms with Gasteiger partial charge in [0.15, 0.2) is 0 Å². The largest absolute Gasteiger partial charge is 0.489 e. The summed E-state index contributed by atoms with van der Waals surface area (Å²) in [6, 6.07) is 12.9. The summed E-state index contributed by atoms with van der Waals surface area (Å²) in [5, 5.41) is 1.64. The highest BCUT2D eigenvalue weighted by Gasteiger charge is 2.39. The molecule has 1 saturated heterocycles. The van der Waals surface area contributed by atoms with Crippen molar-refractivity contribution in [2.24, 2.45) is 0 Å². The van der Waals surface area contributed by atoms with Crippen LogP contribution in [0.15, 0.2) is 72.3 Å². The molecule has 0 unspecified atom stereocenters. The minimum Gasteiger partial charge on any atom is -0.489 e. The van der Waals surface area contributed by atoms with Crippen molar-refractivity contribution in [3.63, 3.8) is 0 Å². The van der Waals surface area contributed by atoms with Crippen LogP contribution >= 0.6 is 11.6 Å². The summed E-state index contributed by atoms with van der Waals surface area (Å²) in [6.45, 7) is 0.105. The molecule has 0 aliphatic carbocycles. The van der Waals surface area contributed by atoms with Crippen molar-refractivity contribution in [2.75, 3.05) is 4.90 Å². The number of imide groups is 2. The minimum absolute atomic E-state index is 0.105. The van der Waals surface area contributed by atoms with Gasteiger partial charge in [0.2, 0.25) is 0 Å². The summed E-state index contributed by atoms with van der Waals surface area (Å²) in [7, 11) is 0. The molecule has 1 heterocycles. The average Bonchev–Trinajstić information content (AvgIpc) is 2.81. The van der Waals surface area contributed by atoms with Crippen molar-refractivity contribution < 1.29 is 36.7 Å².